The molecule has 3 aliphatic rings. The van der Waals surface area contributed by atoms with Crippen LogP contribution >= 0.6 is 0 Å². The molecule has 1 saturated heterocycles. The van der Waals surface area contributed by atoms with Gasteiger partial charge in [0.15, 0.2) is 0 Å². The summed E-state index contributed by atoms with van der Waals surface area (Å²) in [4.78, 5) is 24.5. The highest BCUT2D eigenvalue weighted by atomic mass is 16.2. The predicted molar refractivity (Wildman–Crippen MR) is 128 cm³/mol. The molecule has 5 nitrogen and oxygen atoms in total. The van der Waals surface area contributed by atoms with Crippen LogP contribution in [-0.2, 0) is 5.54 Å². The van der Waals surface area contributed by atoms with Crippen molar-refractivity contribution in [2.75, 3.05) is 40.3 Å². The maximum Gasteiger partial charge on any atom is 0.320 e. The van der Waals surface area contributed by atoms with Crippen molar-refractivity contribution in [3.8, 4) is 0 Å². The summed E-state index contributed by atoms with van der Waals surface area (Å²) < 4.78 is 0. The fourth-order valence-corrected chi connectivity index (χ4v) is 6.00. The summed E-state index contributed by atoms with van der Waals surface area (Å²) in [6.07, 6.45) is 6.85. The number of carbonyl (C=O) groups is 1. The first kappa shape index (κ1) is 22.3. The number of urea groups is 1. The lowest BCUT2D eigenvalue weighted by Gasteiger charge is -2.51. The van der Waals surface area contributed by atoms with Crippen LogP contribution in [0.25, 0.3) is 0 Å². The van der Waals surface area contributed by atoms with E-state index >= 15 is 0 Å². The van der Waals surface area contributed by atoms with Crippen LogP contribution in [0.5, 0.6) is 0 Å². The van der Waals surface area contributed by atoms with Gasteiger partial charge in [0.05, 0.1) is 5.54 Å². The lowest BCUT2D eigenvalue weighted by atomic mass is 9.68. The number of hydrogen-bond donors (Lipinski definition) is 0. The fraction of sp³-hybridized carbons (Fsp3) is 0.692. The number of nitrogens with zero attached hydrogens (tertiary/aromatic N) is 4. The van der Waals surface area contributed by atoms with E-state index in [4.69, 9.17) is 0 Å². The molecule has 1 aromatic rings. The van der Waals surface area contributed by atoms with Crippen LogP contribution in [-0.4, -0.2) is 73.3 Å². The molecule has 2 amide bonds. The van der Waals surface area contributed by atoms with E-state index in [-0.39, 0.29) is 22.5 Å². The molecule has 5 heteroatoms. The second-order valence-electron chi connectivity index (χ2n) is 11.3. The molecule has 2 aliphatic carbocycles. The van der Waals surface area contributed by atoms with Gasteiger partial charge in [-0.25, -0.2) is 4.79 Å². The van der Waals surface area contributed by atoms with Gasteiger partial charge < -0.3 is 14.8 Å². The molecule has 0 bridgehead atoms. The van der Waals surface area contributed by atoms with Gasteiger partial charge in [-0.1, -0.05) is 44.2 Å². The fourth-order valence-electron chi connectivity index (χ4n) is 6.00. The van der Waals surface area contributed by atoms with Gasteiger partial charge in [-0.05, 0) is 70.8 Å². The minimum Gasteiger partial charge on any atom is -0.322 e. The Morgan fingerprint density at radius 1 is 1.13 bits per heavy atom. The molecule has 31 heavy (non-hydrogen) atoms. The van der Waals surface area contributed by atoms with E-state index in [9.17, 15) is 4.79 Å². The maximum atomic E-state index is 13.6. The predicted octanol–water partition coefficient (Wildman–Crippen LogP) is 4.63. The maximum absolute atomic E-state index is 13.6. The topological polar surface area (TPSA) is 39.1 Å². The van der Waals surface area contributed by atoms with Crippen molar-refractivity contribution in [3.05, 3.63) is 35.9 Å². The number of hydrogen-bond acceptors (Lipinski definition) is 3. The van der Waals surface area contributed by atoms with Crippen molar-refractivity contribution < 1.29 is 4.79 Å². The van der Waals surface area contributed by atoms with E-state index < -0.39 is 0 Å². The molecular formula is C26H40N4O. The van der Waals surface area contributed by atoms with Crippen LogP contribution in [0, 0.1) is 11.3 Å². The van der Waals surface area contributed by atoms with Crippen molar-refractivity contribution >= 4 is 12.7 Å². The second kappa shape index (κ2) is 8.23. The molecule has 0 atom stereocenters. The Morgan fingerprint density at radius 3 is 2.32 bits per heavy atom. The third-order valence-corrected chi connectivity index (χ3v) is 8.03. The number of benzene rings is 1. The summed E-state index contributed by atoms with van der Waals surface area (Å²) >= 11 is 0. The molecule has 0 aromatic heterocycles. The highest BCUT2D eigenvalue weighted by molar-refractivity contribution is 5.78. The summed E-state index contributed by atoms with van der Waals surface area (Å²) in [7, 11) is 4.42. The average Bonchev–Trinajstić information content (AvgIpc) is 3.52. The highest BCUT2D eigenvalue weighted by Crippen LogP contribution is 2.50. The van der Waals surface area contributed by atoms with Gasteiger partial charge in [0.1, 0.15) is 0 Å². The minimum absolute atomic E-state index is 0.0222. The van der Waals surface area contributed by atoms with Crippen molar-refractivity contribution in [1.29, 1.82) is 0 Å². The Labute approximate surface area is 188 Å². The van der Waals surface area contributed by atoms with Gasteiger partial charge >= 0.3 is 6.03 Å². The number of carbonyl (C=O) groups excluding carboxylic acids is 1. The summed E-state index contributed by atoms with van der Waals surface area (Å²) in [5, 5.41) is 0. The minimum atomic E-state index is -0.0414. The Kier molecular flexibility index (Phi) is 5.93. The molecular weight excluding hydrogens is 384 g/mol. The van der Waals surface area contributed by atoms with Gasteiger partial charge in [0.2, 0.25) is 0 Å². The van der Waals surface area contributed by atoms with Crippen molar-refractivity contribution in [2.24, 2.45) is 16.3 Å². The lowest BCUT2D eigenvalue weighted by molar-refractivity contribution is 0.0229. The van der Waals surface area contributed by atoms with Crippen LogP contribution in [0.15, 0.2) is 35.3 Å². The van der Waals surface area contributed by atoms with E-state index in [1.165, 1.54) is 18.4 Å². The normalized spacial score (nSPS) is 29.3. The lowest BCUT2D eigenvalue weighted by Crippen LogP contribution is -2.55. The zero-order chi connectivity index (χ0) is 22.3. The zero-order valence-electron chi connectivity index (χ0n) is 19.9. The second-order valence-corrected chi connectivity index (χ2v) is 11.3. The van der Waals surface area contributed by atoms with Gasteiger partial charge in [0.25, 0.3) is 0 Å². The highest BCUT2D eigenvalue weighted by Gasteiger charge is 2.55. The standard InChI is InChI=1S/C26H40N4O/c1-24(2,18-27-3)19-29-20-25(30(23(29)31)17-21-11-12-21)13-15-26(16-14-25,28(4)5)22-9-7-6-8-10-22/h6-10,21H,3,11-20H2,1-2,4-5H3. The third kappa shape index (κ3) is 4.26. The van der Waals surface area contributed by atoms with E-state index in [1.807, 2.05) is 0 Å². The van der Waals surface area contributed by atoms with Gasteiger partial charge in [-0.15, -0.1) is 0 Å². The van der Waals surface area contributed by atoms with Crippen LogP contribution in [0.4, 0.5) is 4.79 Å². The van der Waals surface area contributed by atoms with Gasteiger partial charge in [0, 0.05) is 37.1 Å². The molecule has 0 radical (unpaired) electrons. The molecule has 3 fully saturated rings. The molecule has 1 aromatic carbocycles. The number of amides is 2. The van der Waals surface area contributed by atoms with Crippen LogP contribution in [0.1, 0.15) is 57.9 Å². The largest absolute Gasteiger partial charge is 0.322 e. The first-order chi connectivity index (χ1) is 14.7. The Morgan fingerprint density at radius 2 is 1.77 bits per heavy atom. The zero-order valence-corrected chi connectivity index (χ0v) is 19.9. The molecule has 170 valence electrons. The number of aliphatic imine (C=N–C) groups is 1. The summed E-state index contributed by atoms with van der Waals surface area (Å²) in [6, 6.07) is 11.2. The third-order valence-electron chi connectivity index (χ3n) is 8.03. The molecule has 2 saturated carbocycles. The Bertz CT molecular complexity index is 791. The van der Waals surface area contributed by atoms with Crippen molar-refractivity contribution in [3.63, 3.8) is 0 Å². The van der Waals surface area contributed by atoms with E-state index in [1.54, 1.807) is 0 Å². The summed E-state index contributed by atoms with van der Waals surface area (Å²) in [5.74, 6) is 0.707. The Hall–Kier alpha value is -1.88. The van der Waals surface area contributed by atoms with Crippen molar-refractivity contribution in [1.82, 2.24) is 14.7 Å². The molecule has 1 heterocycles. The Balaban J connectivity index is 1.57. The molecule has 0 N–H and O–H groups in total. The molecule has 0 unspecified atom stereocenters. The summed E-state index contributed by atoms with van der Waals surface area (Å²) in [5.41, 5.74) is 1.40. The summed E-state index contributed by atoms with van der Waals surface area (Å²) in [6.45, 7) is 11.3. The average molecular weight is 425 g/mol. The van der Waals surface area contributed by atoms with E-state index in [2.05, 4.69) is 84.7 Å². The smallest absolute Gasteiger partial charge is 0.320 e. The van der Waals surface area contributed by atoms with E-state index in [0.29, 0.717) is 12.5 Å². The van der Waals surface area contributed by atoms with Gasteiger partial charge in [-0.2, -0.15) is 0 Å². The van der Waals surface area contributed by atoms with Crippen LogP contribution in [0.3, 0.4) is 0 Å². The monoisotopic (exact) mass is 424 g/mol. The number of rotatable bonds is 8. The molecule has 4 rings (SSSR count). The van der Waals surface area contributed by atoms with Gasteiger partial charge in [-0.3, -0.25) is 4.90 Å². The molecule has 1 spiro atoms. The quantitative estimate of drug-likeness (QED) is 0.571. The van der Waals surface area contributed by atoms with Crippen molar-refractivity contribution in [2.45, 2.75) is 63.5 Å². The molecule has 1 aliphatic heterocycles. The van der Waals surface area contributed by atoms with E-state index in [0.717, 1.165) is 45.3 Å². The van der Waals surface area contributed by atoms with Crippen LogP contribution < -0.4 is 0 Å². The first-order valence-corrected chi connectivity index (χ1v) is 11.9. The first-order valence-electron chi connectivity index (χ1n) is 11.9. The SMILES string of the molecule is C=NCC(C)(C)CN1CC2(CCC(c3ccccc3)(N(C)C)CC2)N(CC2CC2)C1=O. The van der Waals surface area contributed by atoms with Crippen LogP contribution in [0.2, 0.25) is 0 Å².